The number of nitrogens with one attached hydrogen (secondary N) is 1. The molecule has 0 fully saturated rings. The molecule has 2 aromatic heterocycles. The molecule has 0 unspecified atom stereocenters. The van der Waals surface area contributed by atoms with E-state index in [9.17, 15) is 4.39 Å². The van der Waals surface area contributed by atoms with E-state index in [1.54, 1.807) is 29.5 Å². The van der Waals surface area contributed by atoms with Crippen LogP contribution in [0.25, 0.3) is 21.7 Å². The summed E-state index contributed by atoms with van der Waals surface area (Å²) < 4.78 is 15.1. The molecule has 0 saturated heterocycles. The van der Waals surface area contributed by atoms with Gasteiger partial charge in [-0.3, -0.25) is 5.10 Å². The van der Waals surface area contributed by atoms with Crippen LogP contribution in [0.3, 0.4) is 0 Å². The van der Waals surface area contributed by atoms with Gasteiger partial charge in [0.2, 0.25) is 0 Å². The Bertz CT molecular complexity index is 759. The molecule has 0 radical (unpaired) electrons. The summed E-state index contributed by atoms with van der Waals surface area (Å²) in [6, 6.07) is 8.58. The average molecular weight is 352 g/mol. The molecule has 0 aliphatic rings. The van der Waals surface area contributed by atoms with Gasteiger partial charge in [0.1, 0.15) is 5.82 Å². The van der Waals surface area contributed by atoms with Gasteiger partial charge in [-0.2, -0.15) is 5.10 Å². The van der Waals surface area contributed by atoms with Gasteiger partial charge in [-0.05, 0) is 40.5 Å². The molecule has 0 aliphatic heterocycles. The minimum atomic E-state index is -0.311. The van der Waals surface area contributed by atoms with E-state index < -0.39 is 0 Å². The van der Waals surface area contributed by atoms with E-state index in [2.05, 4.69) is 26.1 Å². The topological polar surface area (TPSA) is 54.7 Å². The number of nitrogens with zero attached hydrogens (tertiary/aromatic N) is 1. The summed E-state index contributed by atoms with van der Waals surface area (Å²) in [7, 11) is 0. The van der Waals surface area contributed by atoms with Crippen LogP contribution in [-0.4, -0.2) is 10.2 Å². The van der Waals surface area contributed by atoms with Crippen molar-refractivity contribution in [2.24, 2.45) is 0 Å². The Kier molecular flexibility index (Phi) is 3.35. The maximum absolute atomic E-state index is 14.0. The molecule has 3 N–H and O–H groups in total. The van der Waals surface area contributed by atoms with Crippen LogP contribution in [-0.2, 0) is 0 Å². The first-order valence-corrected chi connectivity index (χ1v) is 7.54. The number of thiophene rings is 1. The van der Waals surface area contributed by atoms with Crippen molar-refractivity contribution in [3.8, 4) is 21.7 Å². The molecule has 3 aromatic rings. The van der Waals surface area contributed by atoms with Crippen molar-refractivity contribution < 1.29 is 4.39 Å². The number of anilines is 1. The summed E-state index contributed by atoms with van der Waals surface area (Å²) in [6.45, 7) is 2.01. The van der Waals surface area contributed by atoms with Gasteiger partial charge in [0.05, 0.1) is 19.9 Å². The van der Waals surface area contributed by atoms with Crippen LogP contribution >= 0.6 is 27.3 Å². The zero-order valence-electron chi connectivity index (χ0n) is 10.6. The Hall–Kier alpha value is -1.66. The predicted octanol–water partition coefficient (Wildman–Crippen LogP) is 4.60. The molecule has 0 spiro atoms. The Balaban J connectivity index is 2.23. The van der Waals surface area contributed by atoms with Crippen LogP contribution in [0.5, 0.6) is 0 Å². The van der Waals surface area contributed by atoms with Crippen molar-refractivity contribution in [1.29, 1.82) is 0 Å². The second kappa shape index (κ2) is 5.03. The number of aryl methyl sites for hydroxylation is 1. The predicted molar refractivity (Wildman–Crippen MR) is 84.1 cm³/mol. The van der Waals surface area contributed by atoms with Crippen molar-refractivity contribution in [3.63, 3.8) is 0 Å². The number of benzene rings is 1. The average Bonchev–Trinajstić information content (AvgIpc) is 2.94. The third-order valence-electron chi connectivity index (χ3n) is 3.04. The lowest BCUT2D eigenvalue weighted by Gasteiger charge is -2.04. The summed E-state index contributed by atoms with van der Waals surface area (Å²) >= 11 is 5.06. The van der Waals surface area contributed by atoms with Gasteiger partial charge < -0.3 is 5.73 Å². The summed E-state index contributed by atoms with van der Waals surface area (Å²) in [4.78, 5) is 0.969. The molecular weight excluding hydrogens is 341 g/mol. The van der Waals surface area contributed by atoms with E-state index in [4.69, 9.17) is 5.73 Å². The fourth-order valence-corrected chi connectivity index (χ4v) is 3.59. The van der Waals surface area contributed by atoms with E-state index in [-0.39, 0.29) is 5.82 Å². The number of nitrogens with two attached hydrogens (primary N) is 1. The lowest BCUT2D eigenvalue weighted by Crippen LogP contribution is -1.90. The van der Waals surface area contributed by atoms with Crippen molar-refractivity contribution in [2.45, 2.75) is 6.92 Å². The zero-order chi connectivity index (χ0) is 14.3. The van der Waals surface area contributed by atoms with Gasteiger partial charge in [0.15, 0.2) is 5.82 Å². The van der Waals surface area contributed by atoms with Crippen LogP contribution in [0.15, 0.2) is 34.1 Å². The first kappa shape index (κ1) is 13.3. The standard InChI is InChI=1S/C14H11BrFN3S/c1-7-6-10(20-13(7)15)12-11(14(17)19-18-12)8-4-2-3-5-9(8)16/h2-6H,1H3,(H3,17,18,19). The van der Waals surface area contributed by atoms with Crippen LogP contribution in [0, 0.1) is 12.7 Å². The van der Waals surface area contributed by atoms with Crippen LogP contribution in [0.4, 0.5) is 10.2 Å². The Morgan fingerprint density at radius 1 is 1.35 bits per heavy atom. The number of hydrogen-bond acceptors (Lipinski definition) is 3. The van der Waals surface area contributed by atoms with Gasteiger partial charge >= 0.3 is 0 Å². The highest BCUT2D eigenvalue weighted by molar-refractivity contribution is 9.11. The lowest BCUT2D eigenvalue weighted by atomic mass is 10.0. The Labute approximate surface area is 127 Å². The normalized spacial score (nSPS) is 10.9. The van der Waals surface area contributed by atoms with Crippen LogP contribution < -0.4 is 5.73 Å². The summed E-state index contributed by atoms with van der Waals surface area (Å²) in [5.41, 5.74) is 8.84. The highest BCUT2D eigenvalue weighted by Gasteiger charge is 2.19. The Morgan fingerprint density at radius 2 is 2.10 bits per heavy atom. The summed E-state index contributed by atoms with van der Waals surface area (Å²) in [5, 5.41) is 6.93. The fraction of sp³-hybridized carbons (Fsp3) is 0.0714. The van der Waals surface area contributed by atoms with E-state index >= 15 is 0 Å². The minimum absolute atomic E-state index is 0.298. The van der Waals surface area contributed by atoms with Gasteiger partial charge in [0.25, 0.3) is 0 Å². The number of aromatic amines is 1. The fourth-order valence-electron chi connectivity index (χ4n) is 2.05. The van der Waals surface area contributed by atoms with E-state index in [1.165, 1.54) is 6.07 Å². The maximum atomic E-state index is 14.0. The van der Waals surface area contributed by atoms with Crippen LogP contribution in [0.2, 0.25) is 0 Å². The molecule has 6 heteroatoms. The lowest BCUT2D eigenvalue weighted by molar-refractivity contribution is 0.631. The minimum Gasteiger partial charge on any atom is -0.382 e. The number of rotatable bonds is 2. The molecule has 0 aliphatic carbocycles. The van der Waals surface area contributed by atoms with E-state index in [0.717, 1.165) is 19.9 Å². The molecule has 20 heavy (non-hydrogen) atoms. The molecule has 1 aromatic carbocycles. The van der Waals surface area contributed by atoms with E-state index in [0.29, 0.717) is 16.9 Å². The molecule has 0 amide bonds. The smallest absolute Gasteiger partial charge is 0.153 e. The SMILES string of the molecule is Cc1cc(-c2[nH]nc(N)c2-c2ccccc2F)sc1Br. The number of hydrogen-bond donors (Lipinski definition) is 2. The third-order valence-corrected chi connectivity index (χ3v) is 5.20. The molecule has 0 saturated carbocycles. The number of H-pyrrole nitrogens is 1. The maximum Gasteiger partial charge on any atom is 0.153 e. The van der Waals surface area contributed by atoms with Crippen molar-refractivity contribution in [2.75, 3.05) is 5.73 Å². The molecule has 0 atom stereocenters. The highest BCUT2D eigenvalue weighted by atomic mass is 79.9. The zero-order valence-corrected chi connectivity index (χ0v) is 13.0. The molecule has 3 rings (SSSR count). The largest absolute Gasteiger partial charge is 0.382 e. The van der Waals surface area contributed by atoms with E-state index in [1.807, 2.05) is 13.0 Å². The molecule has 3 nitrogen and oxygen atoms in total. The second-order valence-electron chi connectivity index (χ2n) is 4.41. The number of nitrogen functional groups attached to an aromatic ring is 1. The van der Waals surface area contributed by atoms with Gasteiger partial charge in [0, 0.05) is 5.56 Å². The molecule has 102 valence electrons. The van der Waals surface area contributed by atoms with Gasteiger partial charge in [-0.1, -0.05) is 18.2 Å². The van der Waals surface area contributed by atoms with Crippen molar-refractivity contribution in [3.05, 3.63) is 45.5 Å². The number of halogens is 2. The number of aromatic nitrogens is 2. The molecular formula is C14H11BrFN3S. The Morgan fingerprint density at radius 3 is 2.75 bits per heavy atom. The third kappa shape index (κ3) is 2.14. The van der Waals surface area contributed by atoms with Gasteiger partial charge in [-0.15, -0.1) is 11.3 Å². The van der Waals surface area contributed by atoms with Crippen molar-refractivity contribution in [1.82, 2.24) is 10.2 Å². The molecule has 0 bridgehead atoms. The quantitative estimate of drug-likeness (QED) is 0.708. The first-order chi connectivity index (χ1) is 9.58. The second-order valence-corrected chi connectivity index (χ2v) is 6.78. The van der Waals surface area contributed by atoms with Gasteiger partial charge in [-0.25, -0.2) is 4.39 Å². The monoisotopic (exact) mass is 351 g/mol. The molecule has 2 heterocycles. The summed E-state index contributed by atoms with van der Waals surface area (Å²) in [6.07, 6.45) is 0. The highest BCUT2D eigenvalue weighted by Crippen LogP contribution is 2.41. The van der Waals surface area contributed by atoms with Crippen molar-refractivity contribution >= 4 is 33.1 Å². The first-order valence-electron chi connectivity index (χ1n) is 5.93. The summed E-state index contributed by atoms with van der Waals surface area (Å²) in [5.74, 6) is -0.0125. The van der Waals surface area contributed by atoms with Crippen LogP contribution in [0.1, 0.15) is 5.56 Å².